The van der Waals surface area contributed by atoms with Crippen molar-refractivity contribution >= 4 is 22.6 Å². The summed E-state index contributed by atoms with van der Waals surface area (Å²) in [4.78, 5) is 0. The molecule has 1 saturated heterocycles. The highest BCUT2D eigenvalue weighted by atomic mass is 35.5. The van der Waals surface area contributed by atoms with E-state index in [1.165, 1.54) is 0 Å². The molecule has 4 heteroatoms. The van der Waals surface area contributed by atoms with Gasteiger partial charge in [-0.1, -0.05) is 37.6 Å². The normalized spacial score (nSPS) is 23.8. The molecule has 1 aromatic carbocycles. The Hall–Kier alpha value is -1.03. The molecule has 3 unspecified atom stereocenters. The average molecular weight is 308 g/mol. The minimum atomic E-state index is 0.186. The van der Waals surface area contributed by atoms with E-state index in [1.807, 2.05) is 18.2 Å². The number of furan rings is 1. The maximum absolute atomic E-state index is 6.23. The number of para-hydroxylation sites is 1. The number of rotatable bonds is 5. The van der Waals surface area contributed by atoms with Gasteiger partial charge < -0.3 is 14.5 Å². The summed E-state index contributed by atoms with van der Waals surface area (Å²) in [7, 11) is 0. The zero-order valence-electron chi connectivity index (χ0n) is 12.6. The zero-order chi connectivity index (χ0) is 14.8. The number of halogens is 1. The van der Waals surface area contributed by atoms with E-state index in [-0.39, 0.29) is 6.04 Å². The molecule has 21 heavy (non-hydrogen) atoms. The van der Waals surface area contributed by atoms with Crippen LogP contribution < -0.4 is 5.32 Å². The van der Waals surface area contributed by atoms with Crippen LogP contribution in [-0.4, -0.2) is 19.3 Å². The number of hydrogen-bond acceptors (Lipinski definition) is 3. The second kappa shape index (κ2) is 6.39. The highest BCUT2D eigenvalue weighted by Crippen LogP contribution is 2.38. The first-order valence-electron chi connectivity index (χ1n) is 7.77. The summed E-state index contributed by atoms with van der Waals surface area (Å²) in [6.07, 6.45) is 2.41. The van der Waals surface area contributed by atoms with Gasteiger partial charge >= 0.3 is 0 Å². The quantitative estimate of drug-likeness (QED) is 0.880. The zero-order valence-corrected chi connectivity index (χ0v) is 13.3. The Morgan fingerprint density at radius 3 is 2.95 bits per heavy atom. The number of ether oxygens (including phenoxy) is 1. The number of benzene rings is 1. The van der Waals surface area contributed by atoms with Crippen molar-refractivity contribution in [2.24, 2.45) is 5.92 Å². The van der Waals surface area contributed by atoms with E-state index in [0.29, 0.717) is 17.0 Å². The lowest BCUT2D eigenvalue weighted by Crippen LogP contribution is -2.32. The molecular weight excluding hydrogens is 286 g/mol. The van der Waals surface area contributed by atoms with E-state index in [9.17, 15) is 0 Å². The molecule has 3 nitrogen and oxygen atoms in total. The van der Waals surface area contributed by atoms with Crippen LogP contribution in [0.2, 0.25) is 5.02 Å². The first-order chi connectivity index (χ1) is 10.2. The van der Waals surface area contributed by atoms with Crippen LogP contribution in [0.4, 0.5) is 0 Å². The molecule has 3 atom stereocenters. The van der Waals surface area contributed by atoms with Gasteiger partial charge in [0.25, 0.3) is 0 Å². The summed E-state index contributed by atoms with van der Waals surface area (Å²) in [5.41, 5.74) is 0.782. The van der Waals surface area contributed by atoms with Crippen LogP contribution in [0.1, 0.15) is 38.5 Å². The fourth-order valence-electron chi connectivity index (χ4n) is 3.35. The predicted octanol–water partition coefficient (Wildman–Crippen LogP) is 4.55. The molecule has 0 radical (unpaired) electrons. The number of nitrogens with one attached hydrogen (secondary N) is 1. The molecule has 0 bridgehead atoms. The van der Waals surface area contributed by atoms with E-state index in [2.05, 4.69) is 25.2 Å². The van der Waals surface area contributed by atoms with Crippen molar-refractivity contribution < 1.29 is 9.15 Å². The molecule has 0 amide bonds. The molecule has 1 N–H and O–H groups in total. The molecule has 0 saturated carbocycles. The number of fused-ring (bicyclic) bond motifs is 1. The standard InChI is InChI=1S/C17H22ClNO2/c1-3-14-12(8-9-20-14)16(19-4-2)15-10-11-6-5-7-13(18)17(11)21-15/h5-7,10,12,14,16,19H,3-4,8-9H2,1-2H3. The van der Waals surface area contributed by atoms with Crippen LogP contribution in [0.15, 0.2) is 28.7 Å². The Balaban J connectivity index is 1.97. The molecule has 1 aliphatic heterocycles. The van der Waals surface area contributed by atoms with Gasteiger partial charge in [0.2, 0.25) is 0 Å². The van der Waals surface area contributed by atoms with Crippen molar-refractivity contribution in [1.29, 1.82) is 0 Å². The van der Waals surface area contributed by atoms with Crippen LogP contribution in [0.3, 0.4) is 0 Å². The van der Waals surface area contributed by atoms with Crippen LogP contribution >= 0.6 is 11.6 Å². The van der Waals surface area contributed by atoms with Gasteiger partial charge in [-0.05, 0) is 31.5 Å². The Labute approximate surface area is 130 Å². The van der Waals surface area contributed by atoms with Gasteiger partial charge in [0.15, 0.2) is 5.58 Å². The van der Waals surface area contributed by atoms with E-state index in [4.69, 9.17) is 20.8 Å². The molecule has 114 valence electrons. The third-order valence-electron chi connectivity index (χ3n) is 4.34. The van der Waals surface area contributed by atoms with E-state index >= 15 is 0 Å². The molecule has 0 aliphatic carbocycles. The van der Waals surface area contributed by atoms with Gasteiger partial charge in [0, 0.05) is 17.9 Å². The minimum absolute atomic E-state index is 0.186. The van der Waals surface area contributed by atoms with Crippen molar-refractivity contribution in [3.05, 3.63) is 35.0 Å². The van der Waals surface area contributed by atoms with Crippen molar-refractivity contribution in [1.82, 2.24) is 5.32 Å². The van der Waals surface area contributed by atoms with E-state index in [0.717, 1.165) is 42.7 Å². The monoisotopic (exact) mass is 307 g/mol. The van der Waals surface area contributed by atoms with E-state index < -0.39 is 0 Å². The van der Waals surface area contributed by atoms with Crippen molar-refractivity contribution in [3.63, 3.8) is 0 Å². The fourth-order valence-corrected chi connectivity index (χ4v) is 3.57. The largest absolute Gasteiger partial charge is 0.458 e. The fraction of sp³-hybridized carbons (Fsp3) is 0.529. The summed E-state index contributed by atoms with van der Waals surface area (Å²) in [6.45, 7) is 6.05. The number of hydrogen-bond donors (Lipinski definition) is 1. The average Bonchev–Trinajstić information content (AvgIpc) is 3.11. The second-order valence-electron chi connectivity index (χ2n) is 5.61. The van der Waals surface area contributed by atoms with E-state index in [1.54, 1.807) is 0 Å². The van der Waals surface area contributed by atoms with Crippen LogP contribution in [0.5, 0.6) is 0 Å². The molecule has 3 rings (SSSR count). The molecule has 1 aliphatic rings. The Bertz CT molecular complexity index is 610. The topological polar surface area (TPSA) is 34.4 Å². The molecule has 2 heterocycles. The lowest BCUT2D eigenvalue weighted by molar-refractivity contribution is 0.0752. The van der Waals surface area contributed by atoms with Gasteiger partial charge in [0.05, 0.1) is 17.2 Å². The maximum Gasteiger partial charge on any atom is 0.152 e. The Morgan fingerprint density at radius 1 is 1.38 bits per heavy atom. The van der Waals surface area contributed by atoms with Crippen molar-refractivity contribution in [2.75, 3.05) is 13.2 Å². The molecular formula is C17H22ClNO2. The second-order valence-corrected chi connectivity index (χ2v) is 6.02. The summed E-state index contributed by atoms with van der Waals surface area (Å²) in [5.74, 6) is 1.42. The minimum Gasteiger partial charge on any atom is -0.458 e. The van der Waals surface area contributed by atoms with Gasteiger partial charge in [0.1, 0.15) is 5.76 Å². The Morgan fingerprint density at radius 2 is 2.24 bits per heavy atom. The third-order valence-corrected chi connectivity index (χ3v) is 4.63. The summed E-state index contributed by atoms with van der Waals surface area (Å²) >= 11 is 6.23. The van der Waals surface area contributed by atoms with Gasteiger partial charge in [-0.2, -0.15) is 0 Å². The van der Waals surface area contributed by atoms with Gasteiger partial charge in [-0.25, -0.2) is 0 Å². The SMILES string of the molecule is CCNC(c1cc2cccc(Cl)c2o1)C1CCOC1CC. The lowest BCUT2D eigenvalue weighted by atomic mass is 9.89. The maximum atomic E-state index is 6.23. The van der Waals surface area contributed by atoms with Gasteiger partial charge in [-0.15, -0.1) is 0 Å². The smallest absolute Gasteiger partial charge is 0.152 e. The van der Waals surface area contributed by atoms with Gasteiger partial charge in [-0.3, -0.25) is 0 Å². The first-order valence-corrected chi connectivity index (χ1v) is 8.15. The van der Waals surface area contributed by atoms with Crippen LogP contribution in [-0.2, 0) is 4.74 Å². The van der Waals surface area contributed by atoms with Crippen LogP contribution in [0, 0.1) is 5.92 Å². The highest BCUT2D eigenvalue weighted by Gasteiger charge is 2.35. The predicted molar refractivity (Wildman–Crippen MR) is 85.8 cm³/mol. The summed E-state index contributed by atoms with van der Waals surface area (Å²) < 4.78 is 11.9. The highest BCUT2D eigenvalue weighted by molar-refractivity contribution is 6.34. The summed E-state index contributed by atoms with van der Waals surface area (Å²) in [6, 6.07) is 8.16. The first kappa shape index (κ1) is 14.9. The molecule has 0 spiro atoms. The molecule has 2 aromatic rings. The molecule has 1 fully saturated rings. The van der Waals surface area contributed by atoms with Crippen molar-refractivity contribution in [2.45, 2.75) is 38.8 Å². The summed E-state index contributed by atoms with van der Waals surface area (Å²) in [5, 5.41) is 5.30. The van der Waals surface area contributed by atoms with Crippen LogP contribution in [0.25, 0.3) is 11.0 Å². The third kappa shape index (κ3) is 2.83. The molecule has 1 aromatic heterocycles. The lowest BCUT2D eigenvalue weighted by Gasteiger charge is -2.26. The Kier molecular flexibility index (Phi) is 4.53. The van der Waals surface area contributed by atoms with Crippen molar-refractivity contribution in [3.8, 4) is 0 Å².